The van der Waals surface area contributed by atoms with Gasteiger partial charge in [-0.15, -0.1) is 0 Å². The third kappa shape index (κ3) is 2.34. The lowest BCUT2D eigenvalue weighted by atomic mass is 10.1. The molecule has 0 aliphatic heterocycles. The molecule has 1 N–H and O–H groups in total. The number of hydrogen-bond acceptors (Lipinski definition) is 2. The maximum Gasteiger partial charge on any atom is 0.356 e. The van der Waals surface area contributed by atoms with Gasteiger partial charge in [-0.25, -0.2) is 9.78 Å². The highest BCUT2D eigenvalue weighted by Crippen LogP contribution is 2.26. The van der Waals surface area contributed by atoms with Crippen LogP contribution in [0.3, 0.4) is 0 Å². The number of aromatic nitrogens is 2. The number of hydrogen-bond donors (Lipinski definition) is 1. The average molecular weight is 345 g/mol. The van der Waals surface area contributed by atoms with Gasteiger partial charge >= 0.3 is 5.97 Å². The topological polar surface area (TPSA) is 54.6 Å². The van der Waals surface area contributed by atoms with Gasteiger partial charge in [-0.05, 0) is 43.2 Å². The zero-order valence-electron chi connectivity index (χ0n) is 11.6. The first-order valence-electron chi connectivity index (χ1n) is 6.46. The van der Waals surface area contributed by atoms with Gasteiger partial charge in [0.05, 0.1) is 5.52 Å². The van der Waals surface area contributed by atoms with Crippen LogP contribution < -0.4 is 0 Å². The van der Waals surface area contributed by atoms with Crippen LogP contribution in [0.5, 0.6) is 0 Å². The molecule has 0 aliphatic carbocycles. The lowest BCUT2D eigenvalue weighted by Crippen LogP contribution is -1.97. The van der Waals surface area contributed by atoms with Gasteiger partial charge in [-0.3, -0.25) is 4.40 Å². The van der Waals surface area contributed by atoms with Gasteiger partial charge in [0.25, 0.3) is 0 Å². The van der Waals surface area contributed by atoms with Crippen LogP contribution in [-0.4, -0.2) is 20.5 Å². The number of rotatable bonds is 2. The molecule has 4 nitrogen and oxygen atoms in total. The molecule has 2 aromatic heterocycles. The van der Waals surface area contributed by atoms with Gasteiger partial charge in [0.15, 0.2) is 5.69 Å². The molecule has 0 radical (unpaired) electrons. The highest BCUT2D eigenvalue weighted by atomic mass is 79.9. The number of carboxylic acids is 1. The minimum Gasteiger partial charge on any atom is -0.476 e. The molecule has 0 saturated heterocycles. The highest BCUT2D eigenvalue weighted by molar-refractivity contribution is 9.10. The van der Waals surface area contributed by atoms with E-state index in [1.807, 2.05) is 44.3 Å². The van der Waals surface area contributed by atoms with Crippen molar-refractivity contribution in [3.05, 3.63) is 57.8 Å². The van der Waals surface area contributed by atoms with Crippen molar-refractivity contribution in [2.75, 3.05) is 0 Å². The van der Waals surface area contributed by atoms with E-state index in [2.05, 4.69) is 20.9 Å². The Morgan fingerprint density at radius 2 is 1.95 bits per heavy atom. The van der Waals surface area contributed by atoms with E-state index in [4.69, 9.17) is 0 Å². The Balaban J connectivity index is 2.32. The first-order valence-corrected chi connectivity index (χ1v) is 7.25. The number of carboxylic acid groups (broad SMARTS) is 1. The van der Waals surface area contributed by atoms with Crippen molar-refractivity contribution in [3.63, 3.8) is 0 Å². The van der Waals surface area contributed by atoms with Gasteiger partial charge in [0, 0.05) is 16.2 Å². The number of carbonyl (C=O) groups is 1. The molecule has 2 heterocycles. The normalized spacial score (nSPS) is 11.0. The van der Waals surface area contributed by atoms with Gasteiger partial charge in [0.2, 0.25) is 0 Å². The summed E-state index contributed by atoms with van der Waals surface area (Å²) in [6, 6.07) is 9.64. The summed E-state index contributed by atoms with van der Waals surface area (Å²) in [7, 11) is 0. The van der Waals surface area contributed by atoms with Crippen molar-refractivity contribution in [2.24, 2.45) is 0 Å². The molecule has 0 aliphatic rings. The third-order valence-corrected chi connectivity index (χ3v) is 4.07. The van der Waals surface area contributed by atoms with Crippen molar-refractivity contribution in [1.29, 1.82) is 0 Å². The summed E-state index contributed by atoms with van der Waals surface area (Å²) in [6.07, 6.45) is 1.82. The largest absolute Gasteiger partial charge is 0.476 e. The monoisotopic (exact) mass is 344 g/mol. The number of pyridine rings is 1. The number of fused-ring (bicyclic) bond motifs is 1. The summed E-state index contributed by atoms with van der Waals surface area (Å²) >= 11 is 3.37. The molecule has 0 spiro atoms. The van der Waals surface area contributed by atoms with E-state index in [-0.39, 0.29) is 5.69 Å². The van der Waals surface area contributed by atoms with Crippen molar-refractivity contribution >= 4 is 27.4 Å². The number of nitrogens with zero attached hydrogens (tertiary/aromatic N) is 2. The second kappa shape index (κ2) is 5.00. The van der Waals surface area contributed by atoms with E-state index in [9.17, 15) is 9.90 Å². The fourth-order valence-electron chi connectivity index (χ4n) is 2.30. The van der Waals surface area contributed by atoms with Crippen LogP contribution in [0.15, 0.2) is 41.0 Å². The molecule has 0 unspecified atom stereocenters. The van der Waals surface area contributed by atoms with Crippen LogP contribution in [0.1, 0.15) is 21.6 Å². The standard InChI is InChI=1S/C16H13BrN2O2/c1-9-3-4-11(7-10(9)2)15-18-14(16(20)21)13-8-12(17)5-6-19(13)15/h3-8H,1-2H3,(H,20,21). The number of aromatic carboxylic acids is 1. The minimum atomic E-state index is -1.03. The van der Waals surface area contributed by atoms with Crippen LogP contribution >= 0.6 is 15.9 Å². The molecule has 0 atom stereocenters. The minimum absolute atomic E-state index is 0.0597. The lowest BCUT2D eigenvalue weighted by molar-refractivity contribution is 0.0693. The molecule has 106 valence electrons. The second-order valence-corrected chi connectivity index (χ2v) is 5.90. The van der Waals surface area contributed by atoms with Gasteiger partial charge in [0.1, 0.15) is 5.82 Å². The zero-order chi connectivity index (χ0) is 15.1. The lowest BCUT2D eigenvalue weighted by Gasteiger charge is -2.05. The summed E-state index contributed by atoms with van der Waals surface area (Å²) in [4.78, 5) is 15.7. The third-order valence-electron chi connectivity index (χ3n) is 3.57. The van der Waals surface area contributed by atoms with E-state index in [0.717, 1.165) is 15.6 Å². The van der Waals surface area contributed by atoms with E-state index in [0.29, 0.717) is 11.3 Å². The molecule has 3 rings (SSSR count). The molecular formula is C16H13BrN2O2. The molecule has 21 heavy (non-hydrogen) atoms. The van der Waals surface area contributed by atoms with Gasteiger partial charge < -0.3 is 5.11 Å². The molecule has 0 bridgehead atoms. The van der Waals surface area contributed by atoms with Crippen LogP contribution in [0, 0.1) is 13.8 Å². The number of imidazole rings is 1. The van der Waals surface area contributed by atoms with E-state index in [1.165, 1.54) is 5.56 Å². The fourth-order valence-corrected chi connectivity index (χ4v) is 2.64. The first-order chi connectivity index (χ1) is 9.97. The first kappa shape index (κ1) is 13.8. The Kier molecular flexibility index (Phi) is 3.29. The summed E-state index contributed by atoms with van der Waals surface area (Å²) < 4.78 is 2.63. The Hall–Kier alpha value is -2.14. The Labute approximate surface area is 130 Å². The van der Waals surface area contributed by atoms with Crippen molar-refractivity contribution in [2.45, 2.75) is 13.8 Å². The fraction of sp³-hybridized carbons (Fsp3) is 0.125. The molecule has 0 fully saturated rings. The predicted octanol–water partition coefficient (Wildman–Crippen LogP) is 4.08. The maximum atomic E-state index is 11.4. The highest BCUT2D eigenvalue weighted by Gasteiger charge is 2.18. The van der Waals surface area contributed by atoms with Crippen LogP contribution in [0.4, 0.5) is 0 Å². The quantitative estimate of drug-likeness (QED) is 0.761. The Bertz CT molecular complexity index is 868. The predicted molar refractivity (Wildman–Crippen MR) is 84.8 cm³/mol. The molecule has 3 aromatic rings. The van der Waals surface area contributed by atoms with E-state index >= 15 is 0 Å². The molecule has 5 heteroatoms. The van der Waals surface area contributed by atoms with Crippen molar-refractivity contribution in [1.82, 2.24) is 9.38 Å². The zero-order valence-corrected chi connectivity index (χ0v) is 13.2. The maximum absolute atomic E-state index is 11.4. The van der Waals surface area contributed by atoms with Crippen molar-refractivity contribution in [3.8, 4) is 11.4 Å². The molecule has 1 aromatic carbocycles. The van der Waals surface area contributed by atoms with Gasteiger partial charge in [-0.2, -0.15) is 0 Å². The SMILES string of the molecule is Cc1ccc(-c2nc(C(=O)O)c3cc(Br)ccn23)cc1C. The molecular weight excluding hydrogens is 332 g/mol. The summed E-state index contributed by atoms with van der Waals surface area (Å²) in [5.74, 6) is -0.390. The van der Waals surface area contributed by atoms with E-state index < -0.39 is 5.97 Å². The molecule has 0 amide bonds. The molecule has 0 saturated carbocycles. The van der Waals surface area contributed by atoms with Gasteiger partial charge in [-0.1, -0.05) is 28.1 Å². The summed E-state index contributed by atoms with van der Waals surface area (Å²) in [5.41, 5.74) is 3.89. The van der Waals surface area contributed by atoms with Crippen LogP contribution in [0.25, 0.3) is 16.9 Å². The number of aryl methyl sites for hydroxylation is 2. The Morgan fingerprint density at radius 1 is 1.19 bits per heavy atom. The summed E-state index contributed by atoms with van der Waals surface area (Å²) in [5, 5.41) is 9.34. The number of halogens is 1. The Morgan fingerprint density at radius 3 is 2.62 bits per heavy atom. The van der Waals surface area contributed by atoms with E-state index in [1.54, 1.807) is 10.5 Å². The average Bonchev–Trinajstić information content (AvgIpc) is 2.80. The van der Waals surface area contributed by atoms with Crippen LogP contribution in [0.2, 0.25) is 0 Å². The second-order valence-electron chi connectivity index (χ2n) is 4.99. The smallest absolute Gasteiger partial charge is 0.356 e. The van der Waals surface area contributed by atoms with Crippen LogP contribution in [-0.2, 0) is 0 Å². The summed E-state index contributed by atoms with van der Waals surface area (Å²) in [6.45, 7) is 4.08. The number of benzene rings is 1. The van der Waals surface area contributed by atoms with Crippen molar-refractivity contribution < 1.29 is 9.90 Å².